The molecular formula is C30H29N3O5. The number of anilines is 2. The molecule has 2 N–H and O–H groups in total. The van der Waals surface area contributed by atoms with Gasteiger partial charge in [0.1, 0.15) is 17.5 Å². The summed E-state index contributed by atoms with van der Waals surface area (Å²) in [5, 5.41) is 16.1. The minimum atomic E-state index is -0.733. The average molecular weight is 512 g/mol. The number of aromatic nitrogens is 1. The molecule has 194 valence electrons. The summed E-state index contributed by atoms with van der Waals surface area (Å²) in [4.78, 5) is 26.0. The van der Waals surface area contributed by atoms with E-state index >= 15 is 0 Å². The zero-order valence-electron chi connectivity index (χ0n) is 21.3. The highest BCUT2D eigenvalue weighted by atomic mass is 16.6. The molecular weight excluding hydrogens is 482 g/mol. The molecule has 5 rings (SSSR count). The predicted octanol–water partition coefficient (Wildman–Crippen LogP) is 6.54. The fraction of sp³-hybridized carbons (Fsp3) is 0.233. The number of carboxylic acid groups (broad SMARTS) is 1. The van der Waals surface area contributed by atoms with Crippen LogP contribution >= 0.6 is 0 Å². The summed E-state index contributed by atoms with van der Waals surface area (Å²) in [5.41, 5.74) is 5.78. The monoisotopic (exact) mass is 511 g/mol. The van der Waals surface area contributed by atoms with Crippen LogP contribution in [0.4, 0.5) is 16.2 Å². The number of nitrogens with zero attached hydrogens (tertiary/aromatic N) is 2. The summed E-state index contributed by atoms with van der Waals surface area (Å²) in [7, 11) is 0. The van der Waals surface area contributed by atoms with Crippen LogP contribution in [-0.4, -0.2) is 35.4 Å². The fourth-order valence-electron chi connectivity index (χ4n) is 4.67. The van der Waals surface area contributed by atoms with Crippen LogP contribution in [0, 0.1) is 12.8 Å². The Bertz CT molecular complexity index is 1410. The van der Waals surface area contributed by atoms with E-state index in [-0.39, 0.29) is 5.92 Å². The van der Waals surface area contributed by atoms with Crippen molar-refractivity contribution >= 4 is 23.4 Å². The van der Waals surface area contributed by atoms with E-state index in [2.05, 4.69) is 15.4 Å². The van der Waals surface area contributed by atoms with Gasteiger partial charge in [-0.1, -0.05) is 71.9 Å². The number of benzene rings is 3. The van der Waals surface area contributed by atoms with E-state index in [0.29, 0.717) is 30.1 Å². The number of amides is 1. The van der Waals surface area contributed by atoms with Crippen LogP contribution in [0.3, 0.4) is 0 Å². The van der Waals surface area contributed by atoms with E-state index < -0.39 is 18.2 Å². The lowest BCUT2D eigenvalue weighted by Gasteiger charge is -2.18. The zero-order chi connectivity index (χ0) is 26.6. The molecule has 2 heterocycles. The van der Waals surface area contributed by atoms with Gasteiger partial charge < -0.3 is 19.3 Å². The highest BCUT2D eigenvalue weighted by Crippen LogP contribution is 2.33. The van der Waals surface area contributed by atoms with E-state index in [1.54, 1.807) is 6.92 Å². The Kier molecular flexibility index (Phi) is 7.13. The van der Waals surface area contributed by atoms with Crippen LogP contribution in [0.5, 0.6) is 0 Å². The normalized spacial score (nSPS) is 15.7. The quantitative estimate of drug-likeness (QED) is 0.290. The second kappa shape index (κ2) is 10.8. The van der Waals surface area contributed by atoms with Gasteiger partial charge >= 0.3 is 12.1 Å². The first-order valence-corrected chi connectivity index (χ1v) is 12.6. The smallest absolute Gasteiger partial charge is 0.412 e. The van der Waals surface area contributed by atoms with Crippen molar-refractivity contribution in [2.75, 3.05) is 23.3 Å². The fourth-order valence-corrected chi connectivity index (χ4v) is 4.67. The van der Waals surface area contributed by atoms with Crippen LogP contribution in [0.25, 0.3) is 22.5 Å². The van der Waals surface area contributed by atoms with Crippen LogP contribution < -0.4 is 10.2 Å². The lowest BCUT2D eigenvalue weighted by atomic mass is 10.0. The Morgan fingerprint density at radius 2 is 1.63 bits per heavy atom. The first-order chi connectivity index (χ1) is 18.4. The largest absolute Gasteiger partial charge is 0.481 e. The topological polar surface area (TPSA) is 105 Å². The average Bonchev–Trinajstić information content (AvgIpc) is 3.57. The van der Waals surface area contributed by atoms with Gasteiger partial charge in [0.05, 0.1) is 5.92 Å². The lowest BCUT2D eigenvalue weighted by molar-refractivity contribution is -0.140. The molecule has 1 fully saturated rings. The molecule has 0 saturated carbocycles. The van der Waals surface area contributed by atoms with Crippen molar-refractivity contribution in [3.05, 3.63) is 90.1 Å². The third-order valence-corrected chi connectivity index (χ3v) is 6.89. The Labute approximate surface area is 220 Å². The number of hydrogen-bond acceptors (Lipinski definition) is 6. The molecule has 4 aromatic rings. The summed E-state index contributed by atoms with van der Waals surface area (Å²) in [5.74, 6) is -0.589. The number of hydrogen-bond donors (Lipinski definition) is 2. The summed E-state index contributed by atoms with van der Waals surface area (Å²) in [6.07, 6.45) is -0.326. The second-order valence-corrected chi connectivity index (χ2v) is 9.45. The third-order valence-electron chi connectivity index (χ3n) is 6.89. The maximum atomic E-state index is 12.6. The van der Waals surface area contributed by atoms with Crippen LogP contribution in [0.15, 0.2) is 83.4 Å². The van der Waals surface area contributed by atoms with Gasteiger partial charge in [0.25, 0.3) is 0 Å². The number of ether oxygens (including phenoxy) is 1. The van der Waals surface area contributed by atoms with Gasteiger partial charge in [-0.2, -0.15) is 0 Å². The number of aryl methyl sites for hydroxylation is 1. The Morgan fingerprint density at radius 1 is 1.00 bits per heavy atom. The summed E-state index contributed by atoms with van der Waals surface area (Å²) < 4.78 is 11.1. The highest BCUT2D eigenvalue weighted by Gasteiger charge is 2.28. The number of carbonyl (C=O) groups is 2. The molecule has 0 bridgehead atoms. The van der Waals surface area contributed by atoms with E-state index in [1.165, 1.54) is 0 Å². The molecule has 2 unspecified atom stereocenters. The SMILES string of the molecule is Cc1noc(-c2ccc(-c3ccc(N4CCC(C(=O)O)C4)cc3)cc2)c1NC(=O)OC(C)c1ccccc1. The zero-order valence-corrected chi connectivity index (χ0v) is 21.3. The summed E-state index contributed by atoms with van der Waals surface area (Å²) in [6, 6.07) is 25.5. The number of nitrogens with one attached hydrogen (secondary N) is 1. The van der Waals surface area contributed by atoms with Crippen molar-refractivity contribution in [2.24, 2.45) is 5.92 Å². The van der Waals surface area contributed by atoms with Crippen LogP contribution in [0.2, 0.25) is 0 Å². The molecule has 3 aromatic carbocycles. The molecule has 1 aliphatic rings. The molecule has 1 amide bonds. The number of aliphatic carboxylic acids is 1. The second-order valence-electron chi connectivity index (χ2n) is 9.45. The molecule has 0 aliphatic carbocycles. The maximum absolute atomic E-state index is 12.6. The molecule has 38 heavy (non-hydrogen) atoms. The van der Waals surface area contributed by atoms with Gasteiger partial charge in [-0.25, -0.2) is 4.79 Å². The Morgan fingerprint density at radius 3 is 2.26 bits per heavy atom. The van der Waals surface area contributed by atoms with Gasteiger partial charge in [-0.05, 0) is 49.1 Å². The van der Waals surface area contributed by atoms with Crippen molar-refractivity contribution in [2.45, 2.75) is 26.4 Å². The number of carbonyl (C=O) groups excluding carboxylic acids is 1. The van der Waals surface area contributed by atoms with Gasteiger partial charge in [-0.15, -0.1) is 0 Å². The first-order valence-electron chi connectivity index (χ1n) is 12.6. The maximum Gasteiger partial charge on any atom is 0.412 e. The number of rotatable bonds is 7. The Hall–Kier alpha value is -4.59. The Balaban J connectivity index is 1.26. The minimum absolute atomic E-state index is 0.310. The van der Waals surface area contributed by atoms with Gasteiger partial charge in [0.2, 0.25) is 0 Å². The van der Waals surface area contributed by atoms with Gasteiger partial charge in [-0.3, -0.25) is 10.1 Å². The molecule has 0 radical (unpaired) electrons. The van der Waals surface area contributed by atoms with Crippen molar-refractivity contribution in [3.63, 3.8) is 0 Å². The van der Waals surface area contributed by atoms with Crippen molar-refractivity contribution < 1.29 is 24.0 Å². The van der Waals surface area contributed by atoms with E-state index in [1.807, 2.05) is 85.8 Å². The standard InChI is InChI=1S/C30H29N3O5/c1-19-27(31-30(36)37-20(2)21-6-4-3-5-7-21)28(38-32-19)24-10-8-22(9-11-24)23-12-14-26(15-13-23)33-17-16-25(18-33)29(34)35/h3-15,20,25H,16-18H2,1-2H3,(H,31,36)(H,34,35). The summed E-state index contributed by atoms with van der Waals surface area (Å²) >= 11 is 0. The summed E-state index contributed by atoms with van der Waals surface area (Å²) in [6.45, 7) is 4.86. The van der Waals surface area contributed by atoms with Crippen molar-refractivity contribution in [1.29, 1.82) is 0 Å². The van der Waals surface area contributed by atoms with Crippen molar-refractivity contribution in [3.8, 4) is 22.5 Å². The van der Waals surface area contributed by atoms with E-state index in [9.17, 15) is 14.7 Å². The molecule has 2 atom stereocenters. The third kappa shape index (κ3) is 5.39. The van der Waals surface area contributed by atoms with E-state index in [0.717, 1.165) is 34.5 Å². The molecule has 1 aromatic heterocycles. The lowest BCUT2D eigenvalue weighted by Crippen LogP contribution is -2.22. The first kappa shape index (κ1) is 25.1. The van der Waals surface area contributed by atoms with Crippen molar-refractivity contribution in [1.82, 2.24) is 5.16 Å². The molecule has 8 heteroatoms. The van der Waals surface area contributed by atoms with Crippen LogP contribution in [0.1, 0.15) is 30.7 Å². The van der Waals surface area contributed by atoms with Gasteiger partial charge in [0, 0.05) is 24.3 Å². The van der Waals surface area contributed by atoms with Gasteiger partial charge in [0.15, 0.2) is 5.76 Å². The molecule has 0 spiro atoms. The number of carboxylic acids is 1. The predicted molar refractivity (Wildman–Crippen MR) is 145 cm³/mol. The molecule has 1 aliphatic heterocycles. The highest BCUT2D eigenvalue weighted by molar-refractivity contribution is 5.91. The van der Waals surface area contributed by atoms with Crippen LogP contribution in [-0.2, 0) is 9.53 Å². The molecule has 8 nitrogen and oxygen atoms in total. The van der Waals surface area contributed by atoms with E-state index in [4.69, 9.17) is 9.26 Å². The molecule has 1 saturated heterocycles. The minimum Gasteiger partial charge on any atom is -0.481 e.